The van der Waals surface area contributed by atoms with Gasteiger partial charge in [-0.25, -0.2) is 9.59 Å². The second-order valence-corrected chi connectivity index (χ2v) is 15.4. The lowest BCUT2D eigenvalue weighted by Crippen LogP contribution is -2.53. The third kappa shape index (κ3) is 15.8. The van der Waals surface area contributed by atoms with Crippen LogP contribution in [0, 0.1) is 21.4 Å². The molecule has 56 heavy (non-hydrogen) atoms. The van der Waals surface area contributed by atoms with E-state index in [2.05, 4.69) is 26.6 Å². The van der Waals surface area contributed by atoms with Gasteiger partial charge in [0.15, 0.2) is 5.82 Å². The van der Waals surface area contributed by atoms with Crippen LogP contribution < -0.4 is 26.6 Å². The molecule has 3 aromatic carbocycles. The Hall–Kier alpha value is -5.96. The molecule has 0 aromatic heterocycles. The molecule has 15 nitrogen and oxygen atoms in total. The molecule has 0 saturated heterocycles. The van der Waals surface area contributed by atoms with Gasteiger partial charge in [0.1, 0.15) is 18.1 Å². The summed E-state index contributed by atoms with van der Waals surface area (Å²) in [6, 6.07) is 16.0. The molecule has 0 radical (unpaired) electrons. The number of carbonyl (C=O) groups is 5. The van der Waals surface area contributed by atoms with Crippen molar-refractivity contribution in [3.8, 4) is 0 Å². The summed E-state index contributed by atoms with van der Waals surface area (Å²) in [6.45, 7) is 9.28. The van der Waals surface area contributed by atoms with E-state index in [1.54, 1.807) is 72.8 Å². The van der Waals surface area contributed by atoms with E-state index in [0.29, 0.717) is 33.1 Å². The zero-order chi connectivity index (χ0) is 41.6. The minimum absolute atomic E-state index is 0.0512. The highest BCUT2D eigenvalue weighted by Crippen LogP contribution is 2.20. The molecule has 300 valence electrons. The molecule has 0 aliphatic carbocycles. The van der Waals surface area contributed by atoms with E-state index in [9.17, 15) is 44.3 Å². The maximum Gasteiger partial charge on any atom is 0.326 e. The van der Waals surface area contributed by atoms with Crippen LogP contribution in [0.3, 0.4) is 0 Å². The molecule has 0 spiro atoms. The number of nitro groups is 1. The van der Waals surface area contributed by atoms with Crippen molar-refractivity contribution in [3.05, 3.63) is 117 Å². The van der Waals surface area contributed by atoms with E-state index in [4.69, 9.17) is 11.6 Å². The number of nitrogens with one attached hydrogen (secondary N) is 5. The molecule has 3 amide bonds. The normalized spacial score (nSPS) is 13.2. The monoisotopic (exact) mass is 792 g/mol. The van der Waals surface area contributed by atoms with Gasteiger partial charge in [0.25, 0.3) is 6.20 Å². The van der Waals surface area contributed by atoms with Crippen LogP contribution in [0.4, 0.5) is 11.4 Å². The average molecular weight is 793 g/mol. The zero-order valence-corrected chi connectivity index (χ0v) is 32.7. The number of benzene rings is 3. The second kappa shape index (κ2) is 20.6. The number of hydrogen-bond donors (Lipinski definition) is 7. The van der Waals surface area contributed by atoms with Gasteiger partial charge < -0.3 is 36.8 Å². The van der Waals surface area contributed by atoms with Crippen molar-refractivity contribution in [1.82, 2.24) is 16.0 Å². The Morgan fingerprint density at radius 2 is 1.23 bits per heavy atom. The zero-order valence-electron chi connectivity index (χ0n) is 31.9. The summed E-state index contributed by atoms with van der Waals surface area (Å²) in [5.74, 6) is -4.16. The van der Waals surface area contributed by atoms with Gasteiger partial charge in [-0.05, 0) is 70.8 Å². The first kappa shape index (κ1) is 44.4. The maximum absolute atomic E-state index is 13.5. The Morgan fingerprint density at radius 1 is 0.750 bits per heavy atom. The van der Waals surface area contributed by atoms with Crippen LogP contribution in [0.25, 0.3) is 0 Å². The standard InChI is InChI=1S/C40H49ClN6O9/c1-24(2)18-31(44-35(48)19-25-10-14-29(15-11-25)42-34(23-47(55)56)43-30-16-12-28(41)13-17-30)37(50)46-33(39(53)54)21-27-9-7-6-8-26(27)20-32(38(51)52)45-36(49)22-40(3,4)5/h6-17,23-24,31-33,42-43H,18-22H2,1-5H3,(H,44,48)(H,45,49)(H,46,50)(H,51,52)(H,53,54). The number of rotatable bonds is 20. The van der Waals surface area contributed by atoms with Crippen molar-refractivity contribution in [2.24, 2.45) is 11.3 Å². The SMILES string of the molecule is CC(C)CC(NC(=O)Cc1ccc(NC(=C[N+](=O)[O-])Nc2ccc(Cl)cc2)cc1)C(=O)NC(Cc1ccccc1CC(NC(=O)CC(C)(C)C)C(=O)O)C(=O)O. The first-order chi connectivity index (χ1) is 26.3. The smallest absolute Gasteiger partial charge is 0.326 e. The van der Waals surface area contributed by atoms with Gasteiger partial charge in [0.05, 0.1) is 11.3 Å². The summed E-state index contributed by atoms with van der Waals surface area (Å²) >= 11 is 5.92. The fourth-order valence-electron chi connectivity index (χ4n) is 5.68. The summed E-state index contributed by atoms with van der Waals surface area (Å²) in [6.07, 6.45) is 0.687. The van der Waals surface area contributed by atoms with Crippen molar-refractivity contribution in [3.63, 3.8) is 0 Å². The Labute approximate surface area is 330 Å². The second-order valence-electron chi connectivity index (χ2n) is 15.0. The topological polar surface area (TPSA) is 229 Å². The third-order valence-electron chi connectivity index (χ3n) is 8.22. The van der Waals surface area contributed by atoms with E-state index in [1.807, 2.05) is 34.6 Å². The van der Waals surface area contributed by atoms with Gasteiger partial charge in [-0.2, -0.15) is 0 Å². The lowest BCUT2D eigenvalue weighted by Gasteiger charge is -2.24. The van der Waals surface area contributed by atoms with Crippen LogP contribution in [0.1, 0.15) is 64.2 Å². The average Bonchev–Trinajstić information content (AvgIpc) is 3.08. The summed E-state index contributed by atoms with van der Waals surface area (Å²) < 4.78 is 0. The number of halogens is 1. The predicted octanol–water partition coefficient (Wildman–Crippen LogP) is 5.37. The van der Waals surface area contributed by atoms with Crippen molar-refractivity contribution >= 4 is 52.6 Å². The van der Waals surface area contributed by atoms with E-state index in [1.165, 1.54) is 0 Å². The largest absolute Gasteiger partial charge is 0.480 e. The highest BCUT2D eigenvalue weighted by Gasteiger charge is 2.29. The van der Waals surface area contributed by atoms with E-state index in [-0.39, 0.29) is 49.3 Å². The number of amides is 3. The van der Waals surface area contributed by atoms with Gasteiger partial charge in [-0.1, -0.05) is 82.6 Å². The number of aliphatic carboxylic acids is 2. The quantitative estimate of drug-likeness (QED) is 0.0568. The highest BCUT2D eigenvalue weighted by atomic mass is 35.5. The van der Waals surface area contributed by atoms with Crippen LogP contribution in [-0.4, -0.2) is 62.9 Å². The summed E-state index contributed by atoms with van der Waals surface area (Å²) in [5.41, 5.74) is 2.24. The minimum Gasteiger partial charge on any atom is -0.480 e. The van der Waals surface area contributed by atoms with Crippen molar-refractivity contribution in [2.75, 3.05) is 10.6 Å². The van der Waals surface area contributed by atoms with Crippen molar-refractivity contribution in [2.45, 2.75) is 84.8 Å². The van der Waals surface area contributed by atoms with Crippen LogP contribution in [0.15, 0.2) is 84.8 Å². The Morgan fingerprint density at radius 3 is 1.70 bits per heavy atom. The maximum atomic E-state index is 13.5. The molecule has 7 N–H and O–H groups in total. The molecule has 0 heterocycles. The Bertz CT molecular complexity index is 1890. The molecule has 3 unspecified atom stereocenters. The summed E-state index contributed by atoms with van der Waals surface area (Å²) in [5, 5.41) is 45.4. The van der Waals surface area contributed by atoms with E-state index >= 15 is 0 Å². The molecule has 3 atom stereocenters. The van der Waals surface area contributed by atoms with E-state index in [0.717, 1.165) is 6.20 Å². The minimum atomic E-state index is -1.42. The number of nitrogens with zero attached hydrogens (tertiary/aromatic N) is 1. The molecular formula is C40H49ClN6O9. The molecule has 16 heteroatoms. The molecule has 0 fully saturated rings. The molecule has 3 aromatic rings. The van der Waals surface area contributed by atoms with Gasteiger partial charge in [0.2, 0.25) is 17.7 Å². The number of carboxylic acids is 2. The van der Waals surface area contributed by atoms with Crippen LogP contribution in [0.5, 0.6) is 0 Å². The van der Waals surface area contributed by atoms with Crippen molar-refractivity contribution in [1.29, 1.82) is 0 Å². The fourth-order valence-corrected chi connectivity index (χ4v) is 5.81. The number of carbonyl (C=O) groups excluding carboxylic acids is 3. The third-order valence-corrected chi connectivity index (χ3v) is 8.47. The van der Waals surface area contributed by atoms with Gasteiger partial charge in [-0.15, -0.1) is 0 Å². The highest BCUT2D eigenvalue weighted by molar-refractivity contribution is 6.30. The molecule has 0 aliphatic heterocycles. The number of hydrogen-bond acceptors (Lipinski definition) is 9. The lowest BCUT2D eigenvalue weighted by atomic mass is 9.91. The Kier molecular flexibility index (Phi) is 16.4. The van der Waals surface area contributed by atoms with Crippen LogP contribution in [-0.2, 0) is 43.2 Å². The molecular weight excluding hydrogens is 744 g/mol. The molecule has 0 bridgehead atoms. The predicted molar refractivity (Wildman–Crippen MR) is 212 cm³/mol. The number of carboxylic acid groups (broad SMARTS) is 2. The summed E-state index contributed by atoms with van der Waals surface area (Å²) in [4.78, 5) is 74.4. The first-order valence-corrected chi connectivity index (χ1v) is 18.3. The molecule has 0 saturated carbocycles. The fraction of sp³-hybridized carbons (Fsp3) is 0.375. The lowest BCUT2D eigenvalue weighted by molar-refractivity contribution is -0.403. The molecule has 3 rings (SSSR count). The Balaban J connectivity index is 1.68. The van der Waals surface area contributed by atoms with Crippen molar-refractivity contribution < 1.29 is 39.1 Å². The van der Waals surface area contributed by atoms with E-state index < -0.39 is 52.7 Å². The first-order valence-electron chi connectivity index (χ1n) is 17.9. The summed E-state index contributed by atoms with van der Waals surface area (Å²) in [7, 11) is 0. The van der Waals surface area contributed by atoms with Crippen LogP contribution >= 0.6 is 11.6 Å². The van der Waals surface area contributed by atoms with Crippen LogP contribution in [0.2, 0.25) is 5.02 Å². The van der Waals surface area contributed by atoms with Gasteiger partial charge in [0, 0.05) is 35.7 Å². The van der Waals surface area contributed by atoms with Gasteiger partial charge in [-0.3, -0.25) is 24.5 Å². The number of anilines is 2. The molecule has 0 aliphatic rings. The van der Waals surface area contributed by atoms with Gasteiger partial charge >= 0.3 is 11.9 Å².